The number of carbonyl (C=O) groups is 1. The van der Waals surface area contributed by atoms with E-state index in [0.717, 1.165) is 12.4 Å². The van der Waals surface area contributed by atoms with E-state index in [1.54, 1.807) is 6.92 Å². The molecule has 78 valence electrons. The van der Waals surface area contributed by atoms with Crippen LogP contribution in [0.2, 0.25) is 0 Å². The highest BCUT2D eigenvalue weighted by Gasteiger charge is 2.11. The number of aromatic amines is 1. The van der Waals surface area contributed by atoms with Crippen molar-refractivity contribution in [1.82, 2.24) is 4.98 Å². The van der Waals surface area contributed by atoms with Gasteiger partial charge in [-0.15, -0.1) is 0 Å². The first-order valence-electron chi connectivity index (χ1n) is 4.68. The number of hydrogen-bond acceptors (Lipinski definition) is 2. The van der Waals surface area contributed by atoms with Crippen LogP contribution in [0.15, 0.2) is 18.3 Å². The van der Waals surface area contributed by atoms with Gasteiger partial charge in [0.2, 0.25) is 0 Å². The molecule has 0 fully saturated rings. The molecule has 1 rings (SSSR count). The predicted molar refractivity (Wildman–Crippen MR) is 55.5 cm³/mol. The van der Waals surface area contributed by atoms with Crippen LogP contribution in [0, 0.1) is 5.92 Å². The number of rotatable bonds is 5. The minimum absolute atomic E-state index is 0.285. The summed E-state index contributed by atoms with van der Waals surface area (Å²) >= 11 is 0. The Morgan fingerprint density at radius 3 is 2.93 bits per heavy atom. The van der Waals surface area contributed by atoms with Crippen molar-refractivity contribution in [2.75, 3.05) is 18.5 Å². The van der Waals surface area contributed by atoms with E-state index >= 15 is 0 Å². The predicted octanol–water partition coefficient (Wildman–Crippen LogP) is 1.56. The van der Waals surface area contributed by atoms with E-state index in [9.17, 15) is 4.79 Å². The number of aliphatic carboxylic acids is 1. The van der Waals surface area contributed by atoms with Crippen molar-refractivity contribution in [2.45, 2.75) is 13.3 Å². The third-order valence-electron chi connectivity index (χ3n) is 2.31. The van der Waals surface area contributed by atoms with Gasteiger partial charge in [-0.1, -0.05) is 6.92 Å². The Balaban J connectivity index is 2.35. The molecule has 4 heteroatoms. The summed E-state index contributed by atoms with van der Waals surface area (Å²) in [5.41, 5.74) is 0. The van der Waals surface area contributed by atoms with Gasteiger partial charge in [0.25, 0.3) is 0 Å². The lowest BCUT2D eigenvalue weighted by Gasteiger charge is -2.18. The van der Waals surface area contributed by atoms with Crippen LogP contribution < -0.4 is 4.90 Å². The van der Waals surface area contributed by atoms with Crippen LogP contribution in [-0.2, 0) is 4.79 Å². The first kappa shape index (κ1) is 10.6. The van der Waals surface area contributed by atoms with Gasteiger partial charge in [0, 0.05) is 19.8 Å². The second-order valence-corrected chi connectivity index (χ2v) is 3.50. The third-order valence-corrected chi connectivity index (χ3v) is 2.31. The number of aromatic nitrogens is 1. The molecular weight excluding hydrogens is 180 g/mol. The van der Waals surface area contributed by atoms with E-state index in [1.807, 2.05) is 30.3 Å². The quantitative estimate of drug-likeness (QED) is 0.751. The fourth-order valence-electron chi connectivity index (χ4n) is 1.19. The molecule has 0 aliphatic rings. The SMILES string of the molecule is CC(CCN(C)c1ccc[nH]1)C(=O)O. The van der Waals surface area contributed by atoms with Crippen LogP contribution in [-0.4, -0.2) is 29.7 Å². The lowest BCUT2D eigenvalue weighted by Crippen LogP contribution is -2.23. The summed E-state index contributed by atoms with van der Waals surface area (Å²) in [7, 11) is 1.94. The molecule has 0 bridgehead atoms. The molecule has 1 unspecified atom stereocenters. The van der Waals surface area contributed by atoms with Crippen molar-refractivity contribution in [1.29, 1.82) is 0 Å². The maximum Gasteiger partial charge on any atom is 0.306 e. The van der Waals surface area contributed by atoms with Gasteiger partial charge in [-0.3, -0.25) is 4.79 Å². The van der Waals surface area contributed by atoms with E-state index in [4.69, 9.17) is 5.11 Å². The Morgan fingerprint density at radius 1 is 1.71 bits per heavy atom. The van der Waals surface area contributed by atoms with Crippen molar-refractivity contribution in [3.8, 4) is 0 Å². The number of carboxylic acid groups (broad SMARTS) is 1. The molecule has 2 N–H and O–H groups in total. The number of H-pyrrole nitrogens is 1. The number of nitrogens with zero attached hydrogens (tertiary/aromatic N) is 1. The third kappa shape index (κ3) is 2.80. The monoisotopic (exact) mass is 196 g/mol. The second-order valence-electron chi connectivity index (χ2n) is 3.50. The molecule has 0 saturated heterocycles. The molecule has 0 aliphatic heterocycles. The summed E-state index contributed by atoms with van der Waals surface area (Å²) in [5.74, 6) is -0.000105. The highest BCUT2D eigenvalue weighted by molar-refractivity contribution is 5.69. The van der Waals surface area contributed by atoms with Crippen LogP contribution in [0.1, 0.15) is 13.3 Å². The van der Waals surface area contributed by atoms with E-state index in [-0.39, 0.29) is 5.92 Å². The molecule has 0 aliphatic carbocycles. The number of anilines is 1. The number of nitrogens with one attached hydrogen (secondary N) is 1. The summed E-state index contributed by atoms with van der Waals surface area (Å²) in [6.07, 6.45) is 2.51. The highest BCUT2D eigenvalue weighted by atomic mass is 16.4. The van der Waals surface area contributed by atoms with Crippen LogP contribution in [0.3, 0.4) is 0 Å². The highest BCUT2D eigenvalue weighted by Crippen LogP contribution is 2.10. The van der Waals surface area contributed by atoms with Crippen molar-refractivity contribution in [3.63, 3.8) is 0 Å². The van der Waals surface area contributed by atoms with Gasteiger partial charge in [0.1, 0.15) is 5.82 Å². The van der Waals surface area contributed by atoms with Crippen LogP contribution >= 0.6 is 0 Å². The van der Waals surface area contributed by atoms with Gasteiger partial charge in [-0.25, -0.2) is 0 Å². The molecule has 0 amide bonds. The molecule has 0 spiro atoms. The van der Waals surface area contributed by atoms with Crippen molar-refractivity contribution in [2.24, 2.45) is 5.92 Å². The molecule has 1 heterocycles. The largest absolute Gasteiger partial charge is 0.481 e. The van der Waals surface area contributed by atoms with Gasteiger partial charge in [0.05, 0.1) is 5.92 Å². The summed E-state index contributed by atoms with van der Waals surface area (Å²) < 4.78 is 0. The first-order chi connectivity index (χ1) is 6.61. The molecule has 1 aromatic heterocycles. The Labute approximate surface area is 83.5 Å². The zero-order valence-electron chi connectivity index (χ0n) is 8.53. The lowest BCUT2D eigenvalue weighted by atomic mass is 10.1. The van der Waals surface area contributed by atoms with E-state index in [1.165, 1.54) is 0 Å². The zero-order valence-corrected chi connectivity index (χ0v) is 8.53. The summed E-state index contributed by atoms with van der Waals surface area (Å²) in [6.45, 7) is 2.47. The van der Waals surface area contributed by atoms with Crippen molar-refractivity contribution in [3.05, 3.63) is 18.3 Å². The molecule has 4 nitrogen and oxygen atoms in total. The summed E-state index contributed by atoms with van der Waals surface area (Å²) in [6, 6.07) is 3.89. The molecular formula is C10H16N2O2. The smallest absolute Gasteiger partial charge is 0.306 e. The zero-order chi connectivity index (χ0) is 10.6. The van der Waals surface area contributed by atoms with Crippen LogP contribution in [0.5, 0.6) is 0 Å². The molecule has 0 saturated carbocycles. The molecule has 0 radical (unpaired) electrons. The van der Waals surface area contributed by atoms with Gasteiger partial charge in [-0.2, -0.15) is 0 Å². The van der Waals surface area contributed by atoms with Crippen LogP contribution in [0.25, 0.3) is 0 Å². The van der Waals surface area contributed by atoms with E-state index in [0.29, 0.717) is 6.42 Å². The normalized spacial score (nSPS) is 12.4. The first-order valence-corrected chi connectivity index (χ1v) is 4.68. The Bertz CT molecular complexity index is 282. The Kier molecular flexibility index (Phi) is 3.56. The Hall–Kier alpha value is -1.45. The standard InChI is InChI=1S/C10H16N2O2/c1-8(10(13)14)5-7-12(2)9-4-3-6-11-9/h3-4,6,8,11H,5,7H2,1-2H3,(H,13,14). The molecule has 1 aromatic rings. The Morgan fingerprint density at radius 2 is 2.43 bits per heavy atom. The summed E-state index contributed by atoms with van der Waals surface area (Å²) in [5, 5.41) is 8.70. The lowest BCUT2D eigenvalue weighted by molar-refractivity contribution is -0.141. The van der Waals surface area contributed by atoms with Gasteiger partial charge in [0.15, 0.2) is 0 Å². The number of carboxylic acids is 1. The topological polar surface area (TPSA) is 56.3 Å². The maximum absolute atomic E-state index is 10.6. The second kappa shape index (κ2) is 4.69. The fourth-order valence-corrected chi connectivity index (χ4v) is 1.19. The average Bonchev–Trinajstić information content (AvgIpc) is 2.66. The van der Waals surface area contributed by atoms with Crippen molar-refractivity contribution < 1.29 is 9.90 Å². The minimum atomic E-state index is -0.732. The minimum Gasteiger partial charge on any atom is -0.481 e. The van der Waals surface area contributed by atoms with Gasteiger partial charge in [-0.05, 0) is 18.6 Å². The maximum atomic E-state index is 10.6. The van der Waals surface area contributed by atoms with Gasteiger partial charge >= 0.3 is 5.97 Å². The fraction of sp³-hybridized carbons (Fsp3) is 0.500. The van der Waals surface area contributed by atoms with Gasteiger partial charge < -0.3 is 15.0 Å². The van der Waals surface area contributed by atoms with E-state index in [2.05, 4.69) is 4.98 Å². The summed E-state index contributed by atoms with van der Waals surface area (Å²) in [4.78, 5) is 15.7. The molecule has 14 heavy (non-hydrogen) atoms. The molecule has 0 aromatic carbocycles. The van der Waals surface area contributed by atoms with E-state index < -0.39 is 5.97 Å². The molecule has 1 atom stereocenters. The van der Waals surface area contributed by atoms with Crippen LogP contribution in [0.4, 0.5) is 5.82 Å². The number of hydrogen-bond donors (Lipinski definition) is 2. The van der Waals surface area contributed by atoms with Crippen molar-refractivity contribution >= 4 is 11.8 Å². The average molecular weight is 196 g/mol.